The van der Waals surface area contributed by atoms with Crippen LogP contribution in [0.25, 0.3) is 0 Å². The minimum atomic E-state index is -3.81. The molecular formula is C11H16BrNO4S. The number of primary sulfonamides is 1. The van der Waals surface area contributed by atoms with E-state index in [9.17, 15) is 8.42 Å². The molecule has 5 nitrogen and oxygen atoms in total. The number of hydrogen-bond acceptors (Lipinski definition) is 4. The zero-order valence-corrected chi connectivity index (χ0v) is 12.7. The summed E-state index contributed by atoms with van der Waals surface area (Å²) >= 11 is 3.24. The van der Waals surface area contributed by atoms with Gasteiger partial charge in [0.25, 0.3) is 0 Å². The Morgan fingerprint density at radius 2 is 2.00 bits per heavy atom. The quantitative estimate of drug-likeness (QED) is 0.803. The summed E-state index contributed by atoms with van der Waals surface area (Å²) in [7, 11) is -2.21. The SMILES string of the molecule is COCCCOc1c(C)cc(Br)cc1S(N)(=O)=O. The van der Waals surface area contributed by atoms with Crippen LogP contribution in [0.2, 0.25) is 0 Å². The molecule has 0 aliphatic carbocycles. The van der Waals surface area contributed by atoms with Crippen molar-refractivity contribution in [3.05, 3.63) is 22.2 Å². The van der Waals surface area contributed by atoms with Gasteiger partial charge < -0.3 is 9.47 Å². The molecule has 1 aromatic carbocycles. The molecule has 0 aliphatic rings. The molecule has 0 saturated heterocycles. The Kier molecular flexibility index (Phi) is 5.58. The Morgan fingerprint density at radius 3 is 2.56 bits per heavy atom. The van der Waals surface area contributed by atoms with E-state index in [1.807, 2.05) is 0 Å². The largest absolute Gasteiger partial charge is 0.492 e. The molecular weight excluding hydrogens is 322 g/mol. The molecule has 0 bridgehead atoms. The Bertz CT molecular complexity index is 516. The molecule has 0 amide bonds. The van der Waals surface area contributed by atoms with Crippen molar-refractivity contribution >= 4 is 26.0 Å². The van der Waals surface area contributed by atoms with Crippen LogP contribution in [0.15, 0.2) is 21.5 Å². The summed E-state index contributed by atoms with van der Waals surface area (Å²) in [6.07, 6.45) is 0.677. The molecule has 0 aromatic heterocycles. The van der Waals surface area contributed by atoms with Crippen LogP contribution in [0, 0.1) is 6.92 Å². The summed E-state index contributed by atoms with van der Waals surface area (Å²) in [4.78, 5) is -0.00760. The number of benzene rings is 1. The molecule has 0 spiro atoms. The molecule has 0 heterocycles. The fourth-order valence-corrected chi connectivity index (χ4v) is 2.97. The molecule has 0 fully saturated rings. The summed E-state index contributed by atoms with van der Waals surface area (Å²) in [6.45, 7) is 2.70. The van der Waals surface area contributed by atoms with Crippen LogP contribution in [0.1, 0.15) is 12.0 Å². The second-order valence-electron chi connectivity index (χ2n) is 3.79. The summed E-state index contributed by atoms with van der Waals surface area (Å²) in [6, 6.07) is 3.22. The minimum Gasteiger partial charge on any atom is -0.492 e. The lowest BCUT2D eigenvalue weighted by atomic mass is 10.2. The second kappa shape index (κ2) is 6.51. The van der Waals surface area contributed by atoms with Crippen molar-refractivity contribution in [2.45, 2.75) is 18.2 Å². The fraction of sp³-hybridized carbons (Fsp3) is 0.455. The van der Waals surface area contributed by atoms with Gasteiger partial charge in [0.15, 0.2) is 0 Å². The predicted molar refractivity (Wildman–Crippen MR) is 72.2 cm³/mol. The number of methoxy groups -OCH3 is 1. The molecule has 2 N–H and O–H groups in total. The lowest BCUT2D eigenvalue weighted by Crippen LogP contribution is -2.15. The van der Waals surface area contributed by atoms with E-state index in [4.69, 9.17) is 14.6 Å². The molecule has 102 valence electrons. The van der Waals surface area contributed by atoms with Crippen molar-refractivity contribution in [2.75, 3.05) is 20.3 Å². The summed E-state index contributed by atoms with van der Waals surface area (Å²) in [5, 5.41) is 5.17. The first kappa shape index (κ1) is 15.4. The number of ether oxygens (including phenoxy) is 2. The maximum Gasteiger partial charge on any atom is 0.241 e. The second-order valence-corrected chi connectivity index (χ2v) is 6.24. The summed E-state index contributed by atoms with van der Waals surface area (Å²) in [5.41, 5.74) is 0.714. The number of sulfonamides is 1. The topological polar surface area (TPSA) is 78.6 Å². The molecule has 0 unspecified atom stereocenters. The number of nitrogens with two attached hydrogens (primary N) is 1. The summed E-state index contributed by atoms with van der Waals surface area (Å²) < 4.78 is 34.0. The molecule has 1 rings (SSSR count). The highest BCUT2D eigenvalue weighted by Gasteiger charge is 2.18. The van der Waals surface area contributed by atoms with Gasteiger partial charge in [-0.05, 0) is 24.6 Å². The highest BCUT2D eigenvalue weighted by atomic mass is 79.9. The van der Waals surface area contributed by atoms with Crippen LogP contribution >= 0.6 is 15.9 Å². The predicted octanol–water partition coefficient (Wildman–Crippen LogP) is 1.82. The Morgan fingerprint density at radius 1 is 1.33 bits per heavy atom. The lowest BCUT2D eigenvalue weighted by molar-refractivity contribution is 0.171. The average molecular weight is 338 g/mol. The van der Waals surface area contributed by atoms with E-state index in [0.29, 0.717) is 35.4 Å². The number of rotatable bonds is 6. The van der Waals surface area contributed by atoms with Crippen LogP contribution in [0.4, 0.5) is 0 Å². The van der Waals surface area contributed by atoms with Gasteiger partial charge in [0.1, 0.15) is 10.6 Å². The van der Waals surface area contributed by atoms with Gasteiger partial charge in [-0.3, -0.25) is 0 Å². The molecule has 0 aliphatic heterocycles. The smallest absolute Gasteiger partial charge is 0.241 e. The van der Waals surface area contributed by atoms with Crippen molar-refractivity contribution in [2.24, 2.45) is 5.14 Å². The highest BCUT2D eigenvalue weighted by Crippen LogP contribution is 2.30. The van der Waals surface area contributed by atoms with E-state index in [1.54, 1.807) is 20.1 Å². The van der Waals surface area contributed by atoms with Gasteiger partial charge in [0.2, 0.25) is 10.0 Å². The van der Waals surface area contributed by atoms with Crippen molar-refractivity contribution in [3.8, 4) is 5.75 Å². The van der Waals surface area contributed by atoms with E-state index in [1.165, 1.54) is 6.07 Å². The fourth-order valence-electron chi connectivity index (χ4n) is 1.47. The van der Waals surface area contributed by atoms with E-state index in [-0.39, 0.29) is 4.90 Å². The monoisotopic (exact) mass is 337 g/mol. The third kappa shape index (κ3) is 4.24. The Balaban J connectivity index is 3.02. The molecule has 0 atom stereocenters. The van der Waals surface area contributed by atoms with E-state index >= 15 is 0 Å². The Hall–Kier alpha value is -0.630. The third-order valence-corrected chi connectivity index (χ3v) is 3.63. The minimum absolute atomic E-state index is 0.00760. The normalized spacial score (nSPS) is 11.6. The van der Waals surface area contributed by atoms with Gasteiger partial charge in [0.05, 0.1) is 6.61 Å². The maximum absolute atomic E-state index is 11.5. The van der Waals surface area contributed by atoms with Crippen LogP contribution in [-0.4, -0.2) is 28.7 Å². The highest BCUT2D eigenvalue weighted by molar-refractivity contribution is 9.10. The van der Waals surface area contributed by atoms with Gasteiger partial charge >= 0.3 is 0 Å². The first-order valence-electron chi connectivity index (χ1n) is 5.31. The van der Waals surface area contributed by atoms with Crippen LogP contribution in [0.5, 0.6) is 5.75 Å². The molecule has 0 saturated carbocycles. The zero-order valence-electron chi connectivity index (χ0n) is 10.3. The average Bonchev–Trinajstić information content (AvgIpc) is 2.24. The van der Waals surface area contributed by atoms with Crippen LogP contribution in [-0.2, 0) is 14.8 Å². The van der Waals surface area contributed by atoms with Crippen molar-refractivity contribution in [1.29, 1.82) is 0 Å². The van der Waals surface area contributed by atoms with Crippen molar-refractivity contribution < 1.29 is 17.9 Å². The van der Waals surface area contributed by atoms with E-state index in [2.05, 4.69) is 15.9 Å². The summed E-state index contributed by atoms with van der Waals surface area (Å²) in [5.74, 6) is 0.303. The van der Waals surface area contributed by atoms with Gasteiger partial charge in [0, 0.05) is 24.6 Å². The maximum atomic E-state index is 11.5. The van der Waals surface area contributed by atoms with Crippen LogP contribution in [0.3, 0.4) is 0 Å². The van der Waals surface area contributed by atoms with Gasteiger partial charge in [-0.1, -0.05) is 15.9 Å². The van der Waals surface area contributed by atoms with Gasteiger partial charge in [-0.25, -0.2) is 13.6 Å². The Labute approximate surface area is 115 Å². The molecule has 7 heteroatoms. The molecule has 1 aromatic rings. The van der Waals surface area contributed by atoms with Crippen LogP contribution < -0.4 is 9.88 Å². The lowest BCUT2D eigenvalue weighted by Gasteiger charge is -2.13. The molecule has 0 radical (unpaired) electrons. The standard InChI is InChI=1S/C11H16BrNO4S/c1-8-6-9(12)7-10(18(13,14)15)11(8)17-5-3-4-16-2/h6-7H,3-5H2,1-2H3,(H2,13,14,15). The molecule has 18 heavy (non-hydrogen) atoms. The number of aryl methyl sites for hydroxylation is 1. The first-order valence-corrected chi connectivity index (χ1v) is 7.65. The van der Waals surface area contributed by atoms with Crippen molar-refractivity contribution in [3.63, 3.8) is 0 Å². The van der Waals surface area contributed by atoms with Gasteiger partial charge in [-0.15, -0.1) is 0 Å². The van der Waals surface area contributed by atoms with E-state index in [0.717, 1.165) is 0 Å². The number of halogens is 1. The van der Waals surface area contributed by atoms with Gasteiger partial charge in [-0.2, -0.15) is 0 Å². The third-order valence-electron chi connectivity index (χ3n) is 2.25. The first-order chi connectivity index (χ1) is 8.36. The van der Waals surface area contributed by atoms with E-state index < -0.39 is 10.0 Å². The number of hydrogen-bond donors (Lipinski definition) is 1. The van der Waals surface area contributed by atoms with Crippen molar-refractivity contribution in [1.82, 2.24) is 0 Å². The zero-order chi connectivity index (χ0) is 13.8.